The molecule has 1 saturated heterocycles. The smallest absolute Gasteiger partial charge is 0.325 e. The van der Waals surface area contributed by atoms with E-state index >= 15 is 0 Å². The van der Waals surface area contributed by atoms with Gasteiger partial charge < -0.3 is 15.4 Å². The van der Waals surface area contributed by atoms with Gasteiger partial charge in [0.25, 0.3) is 5.91 Å². The number of carbonyl (C=O) groups excluding carboxylic acids is 3. The topological polar surface area (TPSA) is 87.7 Å². The first kappa shape index (κ1) is 22.3. The van der Waals surface area contributed by atoms with Gasteiger partial charge in [-0.25, -0.2) is 4.79 Å². The van der Waals surface area contributed by atoms with E-state index in [-0.39, 0.29) is 18.5 Å². The summed E-state index contributed by atoms with van der Waals surface area (Å²) in [5, 5.41) is 5.48. The van der Waals surface area contributed by atoms with Crippen LogP contribution in [0.4, 0.5) is 4.79 Å². The lowest BCUT2D eigenvalue weighted by Crippen LogP contribution is -2.43. The molecule has 4 amide bonds. The molecule has 1 aliphatic heterocycles. The Bertz CT molecular complexity index is 977. The molecule has 31 heavy (non-hydrogen) atoms. The number of benzene rings is 2. The summed E-state index contributed by atoms with van der Waals surface area (Å²) in [7, 11) is 1.58. The van der Waals surface area contributed by atoms with Crippen molar-refractivity contribution in [1.29, 1.82) is 0 Å². The van der Waals surface area contributed by atoms with E-state index in [0.29, 0.717) is 5.56 Å². The lowest BCUT2D eigenvalue weighted by molar-refractivity contribution is -0.134. The molecule has 1 aliphatic rings. The summed E-state index contributed by atoms with van der Waals surface area (Å²) >= 11 is 0. The number of ether oxygens (including phenoxy) is 1. The van der Waals surface area contributed by atoms with E-state index in [2.05, 4.69) is 31.4 Å². The van der Waals surface area contributed by atoms with Gasteiger partial charge in [-0.15, -0.1) is 0 Å². The van der Waals surface area contributed by atoms with Gasteiger partial charge in [0.15, 0.2) is 0 Å². The van der Waals surface area contributed by atoms with Crippen LogP contribution in [-0.2, 0) is 27.1 Å². The third-order valence-corrected chi connectivity index (χ3v) is 5.55. The van der Waals surface area contributed by atoms with Crippen LogP contribution in [-0.4, -0.2) is 36.4 Å². The first-order chi connectivity index (χ1) is 14.5. The summed E-state index contributed by atoms with van der Waals surface area (Å²) in [5.74, 6) is -0.128. The molecule has 0 radical (unpaired) electrons. The monoisotopic (exact) mass is 423 g/mol. The Balaban J connectivity index is 1.65. The van der Waals surface area contributed by atoms with Gasteiger partial charge in [-0.1, -0.05) is 57.2 Å². The molecule has 1 fully saturated rings. The fraction of sp³-hybridized carbons (Fsp3) is 0.375. The minimum Gasteiger partial charge on any atom is -0.497 e. The van der Waals surface area contributed by atoms with Crippen LogP contribution in [0.3, 0.4) is 0 Å². The van der Waals surface area contributed by atoms with Crippen molar-refractivity contribution >= 4 is 17.8 Å². The highest BCUT2D eigenvalue weighted by Gasteiger charge is 2.49. The fourth-order valence-electron chi connectivity index (χ4n) is 3.48. The Morgan fingerprint density at radius 2 is 1.68 bits per heavy atom. The summed E-state index contributed by atoms with van der Waals surface area (Å²) in [4.78, 5) is 38.9. The molecule has 2 N–H and O–H groups in total. The molecule has 0 saturated carbocycles. The average molecular weight is 424 g/mol. The highest BCUT2D eigenvalue weighted by molar-refractivity contribution is 6.09. The molecule has 7 nitrogen and oxygen atoms in total. The maximum atomic E-state index is 13.0. The highest BCUT2D eigenvalue weighted by atomic mass is 16.5. The van der Waals surface area contributed by atoms with E-state index < -0.39 is 23.4 Å². The van der Waals surface area contributed by atoms with E-state index in [0.717, 1.165) is 21.8 Å². The molecule has 1 atom stereocenters. The van der Waals surface area contributed by atoms with E-state index in [4.69, 9.17) is 4.74 Å². The summed E-state index contributed by atoms with van der Waals surface area (Å²) in [6, 6.07) is 14.3. The van der Waals surface area contributed by atoms with Gasteiger partial charge in [0.2, 0.25) is 5.91 Å². The quantitative estimate of drug-likeness (QED) is 0.699. The maximum Gasteiger partial charge on any atom is 0.325 e. The van der Waals surface area contributed by atoms with Gasteiger partial charge >= 0.3 is 6.03 Å². The number of nitrogens with one attached hydrogen (secondary N) is 2. The minimum absolute atomic E-state index is 0.0175. The van der Waals surface area contributed by atoms with Gasteiger partial charge in [0.05, 0.1) is 7.11 Å². The van der Waals surface area contributed by atoms with Crippen molar-refractivity contribution in [3.8, 4) is 5.75 Å². The summed E-state index contributed by atoms with van der Waals surface area (Å²) < 4.78 is 5.11. The van der Waals surface area contributed by atoms with Crippen molar-refractivity contribution in [3.63, 3.8) is 0 Å². The molecule has 164 valence electrons. The standard InChI is InChI=1S/C24H29N3O4/c1-23(2,3)17-8-10-18(11-9-17)24(4)21(29)27(22(30)26-24)15-20(28)25-14-16-6-12-19(31-5)13-7-16/h6-13H,14-15H2,1-5H3,(H,25,28)(H,26,30)/t24-/m0/s1. The lowest BCUT2D eigenvalue weighted by atomic mass is 9.84. The first-order valence-corrected chi connectivity index (χ1v) is 10.2. The molecule has 0 unspecified atom stereocenters. The number of methoxy groups -OCH3 is 1. The number of rotatable bonds is 6. The number of hydrogen-bond acceptors (Lipinski definition) is 4. The van der Waals surface area contributed by atoms with Crippen LogP contribution in [0.15, 0.2) is 48.5 Å². The normalized spacial score (nSPS) is 18.7. The van der Waals surface area contributed by atoms with E-state index in [9.17, 15) is 14.4 Å². The zero-order valence-corrected chi connectivity index (χ0v) is 18.6. The zero-order chi connectivity index (χ0) is 22.8. The summed E-state index contributed by atoms with van der Waals surface area (Å²) in [5.41, 5.74) is 1.47. The van der Waals surface area contributed by atoms with Crippen LogP contribution >= 0.6 is 0 Å². The molecule has 7 heteroatoms. The first-order valence-electron chi connectivity index (χ1n) is 10.2. The predicted octanol–water partition coefficient (Wildman–Crippen LogP) is 3.08. The Labute approximate surface area is 182 Å². The Kier molecular flexibility index (Phi) is 6.06. The highest BCUT2D eigenvalue weighted by Crippen LogP contribution is 2.31. The Morgan fingerprint density at radius 3 is 2.23 bits per heavy atom. The van der Waals surface area contributed by atoms with Gasteiger partial charge in [-0.3, -0.25) is 14.5 Å². The van der Waals surface area contributed by atoms with Gasteiger partial charge in [0.1, 0.15) is 17.8 Å². The average Bonchev–Trinajstić information content (AvgIpc) is 2.96. The second kappa shape index (κ2) is 8.41. The third kappa shape index (κ3) is 4.71. The van der Waals surface area contributed by atoms with Gasteiger partial charge in [-0.05, 0) is 41.2 Å². The molecule has 0 spiro atoms. The fourth-order valence-corrected chi connectivity index (χ4v) is 3.48. The van der Waals surface area contributed by atoms with Crippen molar-refractivity contribution in [1.82, 2.24) is 15.5 Å². The van der Waals surface area contributed by atoms with E-state index in [1.54, 1.807) is 26.2 Å². The molecule has 1 heterocycles. The molecule has 2 aromatic rings. The SMILES string of the molecule is COc1ccc(CNC(=O)CN2C(=O)N[C@@](C)(c3ccc(C(C)(C)C)cc3)C2=O)cc1. The molecule has 0 aliphatic carbocycles. The molecular formula is C24H29N3O4. The lowest BCUT2D eigenvalue weighted by Gasteiger charge is -2.24. The second-order valence-electron chi connectivity index (χ2n) is 8.90. The van der Waals surface area contributed by atoms with Crippen molar-refractivity contribution in [2.45, 2.75) is 45.2 Å². The number of carbonyl (C=O) groups is 3. The van der Waals surface area contributed by atoms with Crippen LogP contribution in [0.5, 0.6) is 5.75 Å². The predicted molar refractivity (Wildman–Crippen MR) is 118 cm³/mol. The van der Waals surface area contributed by atoms with Crippen LogP contribution in [0.2, 0.25) is 0 Å². The number of amides is 4. The van der Waals surface area contributed by atoms with Crippen molar-refractivity contribution in [2.24, 2.45) is 0 Å². The van der Waals surface area contributed by atoms with Crippen molar-refractivity contribution in [3.05, 3.63) is 65.2 Å². The second-order valence-corrected chi connectivity index (χ2v) is 8.90. The molecular weight excluding hydrogens is 394 g/mol. The number of hydrogen-bond donors (Lipinski definition) is 2. The molecule has 0 aromatic heterocycles. The zero-order valence-electron chi connectivity index (χ0n) is 18.6. The van der Waals surface area contributed by atoms with Crippen LogP contribution < -0.4 is 15.4 Å². The Morgan fingerprint density at radius 1 is 1.06 bits per heavy atom. The van der Waals surface area contributed by atoms with Crippen LogP contribution in [0, 0.1) is 0 Å². The van der Waals surface area contributed by atoms with Crippen LogP contribution in [0.25, 0.3) is 0 Å². The summed E-state index contributed by atoms with van der Waals surface area (Å²) in [6.45, 7) is 7.94. The maximum absolute atomic E-state index is 13.0. The molecule has 2 aromatic carbocycles. The number of imide groups is 1. The third-order valence-electron chi connectivity index (χ3n) is 5.55. The number of nitrogens with zero attached hydrogens (tertiary/aromatic N) is 1. The van der Waals surface area contributed by atoms with E-state index in [1.165, 1.54) is 0 Å². The minimum atomic E-state index is -1.20. The number of urea groups is 1. The van der Waals surface area contributed by atoms with E-state index in [1.807, 2.05) is 36.4 Å². The van der Waals surface area contributed by atoms with Crippen molar-refractivity contribution in [2.75, 3.05) is 13.7 Å². The largest absolute Gasteiger partial charge is 0.497 e. The molecule has 3 rings (SSSR count). The Hall–Kier alpha value is -3.35. The molecule has 0 bridgehead atoms. The van der Waals surface area contributed by atoms with Gasteiger partial charge in [-0.2, -0.15) is 0 Å². The summed E-state index contributed by atoms with van der Waals surface area (Å²) in [6.07, 6.45) is 0. The van der Waals surface area contributed by atoms with Crippen LogP contribution in [0.1, 0.15) is 44.4 Å². The van der Waals surface area contributed by atoms with Crippen molar-refractivity contribution < 1.29 is 19.1 Å². The van der Waals surface area contributed by atoms with Gasteiger partial charge in [0, 0.05) is 6.54 Å².